The Kier molecular flexibility index (Phi) is 16.4. The highest BCUT2D eigenvalue weighted by Gasteiger charge is 2.33. The molecule has 0 aromatic heterocycles. The molecule has 4 amide bonds. The molecule has 12 nitrogen and oxygen atoms in total. The fourth-order valence-corrected chi connectivity index (χ4v) is 9.56. The van der Waals surface area contributed by atoms with Crippen LogP contribution in [0.2, 0.25) is 0 Å². The molecule has 0 radical (unpaired) electrons. The van der Waals surface area contributed by atoms with Gasteiger partial charge in [0.25, 0.3) is 11.8 Å². The van der Waals surface area contributed by atoms with E-state index in [1.807, 2.05) is 159 Å². The summed E-state index contributed by atoms with van der Waals surface area (Å²) >= 11 is 0. The van der Waals surface area contributed by atoms with Crippen molar-refractivity contribution in [3.05, 3.63) is 185 Å². The average molecular weight is 952 g/mol. The quantitative estimate of drug-likeness (QED) is 0.0717. The predicted octanol–water partition coefficient (Wildman–Crippen LogP) is 11.8. The van der Waals surface area contributed by atoms with E-state index in [9.17, 15) is 24.0 Å². The number of carbonyl (C=O) groups excluding carboxylic acids is 5. The van der Waals surface area contributed by atoms with Crippen molar-refractivity contribution in [2.24, 2.45) is 0 Å². The number of benzene rings is 7. The molecule has 364 valence electrons. The number of amides is 4. The maximum atomic E-state index is 14.2. The highest BCUT2D eigenvalue weighted by Crippen LogP contribution is 2.32. The predicted molar refractivity (Wildman–Crippen MR) is 280 cm³/mol. The van der Waals surface area contributed by atoms with Crippen molar-refractivity contribution in [3.8, 4) is 0 Å². The van der Waals surface area contributed by atoms with Gasteiger partial charge in [-0.15, -0.1) is 0 Å². The molecule has 2 aliphatic carbocycles. The van der Waals surface area contributed by atoms with Crippen molar-refractivity contribution in [1.29, 1.82) is 0 Å². The van der Waals surface area contributed by atoms with Crippen molar-refractivity contribution in [3.63, 3.8) is 0 Å². The van der Waals surface area contributed by atoms with Crippen molar-refractivity contribution in [2.75, 3.05) is 29.5 Å². The Hall–Kier alpha value is -7.99. The number of ether oxygens (including phenoxy) is 2. The van der Waals surface area contributed by atoms with Crippen molar-refractivity contribution >= 4 is 68.4 Å². The lowest BCUT2D eigenvalue weighted by Crippen LogP contribution is -2.43. The van der Waals surface area contributed by atoms with Gasteiger partial charge in [-0.05, 0) is 108 Å². The van der Waals surface area contributed by atoms with Gasteiger partial charge in [-0.25, -0.2) is 4.79 Å². The number of hydrogen-bond acceptors (Lipinski definition) is 8. The molecule has 0 unspecified atom stereocenters. The molecule has 7 aromatic carbocycles. The zero-order valence-electron chi connectivity index (χ0n) is 40.4. The van der Waals surface area contributed by atoms with Gasteiger partial charge < -0.3 is 35.6 Å². The van der Waals surface area contributed by atoms with Gasteiger partial charge in [0, 0.05) is 23.5 Å². The number of nitrogens with one attached hydrogen (secondary N) is 2. The van der Waals surface area contributed by atoms with Crippen LogP contribution in [0.1, 0.15) is 94.3 Å². The Labute approximate surface area is 415 Å². The Bertz CT molecular complexity index is 2980. The summed E-state index contributed by atoms with van der Waals surface area (Å²) in [5.74, 6) is -1.38. The van der Waals surface area contributed by atoms with Gasteiger partial charge in [-0.3, -0.25) is 19.2 Å². The summed E-state index contributed by atoms with van der Waals surface area (Å²) in [5.41, 5.74) is 12.2. The number of para-hydroxylation sites is 1. The zero-order valence-corrected chi connectivity index (χ0v) is 40.4. The number of nitrogen functional groups attached to an aromatic ring is 1. The number of esters is 2. The SMILES string of the molecule is Cc1cccc(C)c1NC(=O)Nc1cc2ccccc2cc1C(=O)N(CC(=O)OCc1ccccc1)C1CCCC1.Nc1cc2ccccc2cc1C(=O)N(CC(=O)OCc1ccccc1)C1CCCC1. The molecule has 0 bridgehead atoms. The number of carbonyl (C=O) groups is 5. The van der Waals surface area contributed by atoms with E-state index in [-0.39, 0.29) is 50.2 Å². The number of anilines is 3. The molecule has 7 aromatic rings. The fraction of sp³-hybridized carbons (Fsp3) is 0.271. The molecule has 0 aliphatic heterocycles. The van der Waals surface area contributed by atoms with E-state index < -0.39 is 18.0 Å². The minimum absolute atomic E-state index is 0.0349. The van der Waals surface area contributed by atoms with Crippen LogP contribution in [0.25, 0.3) is 21.5 Å². The molecule has 0 spiro atoms. The molecule has 0 atom stereocenters. The van der Waals surface area contributed by atoms with Gasteiger partial charge in [0.05, 0.1) is 16.8 Å². The molecule has 2 saturated carbocycles. The minimum atomic E-state index is -0.461. The molecular weight excluding hydrogens is 891 g/mol. The van der Waals surface area contributed by atoms with Gasteiger partial charge in [-0.2, -0.15) is 0 Å². The molecule has 12 heteroatoms. The van der Waals surface area contributed by atoms with Crippen LogP contribution in [0.15, 0.2) is 152 Å². The standard InChI is InChI=1S/C34H35N3O4.C25H26N2O3/c1-23-11-10-12-24(2)32(23)36-34(40)35-30-20-27-16-7-6-15-26(27)19-29(30)33(39)37(28-17-8-9-18-28)21-31(38)41-22-25-13-4-3-5-14-25;26-23-15-20-11-5-4-10-19(20)14-22(23)25(29)27(21-12-6-7-13-21)16-24(28)30-17-18-8-2-1-3-9-18/h3-7,10-16,19-20,28H,8-9,17-18,21-22H2,1-2H3,(H2,35,36,40);1-5,8-11,14-15,21H,6-7,12-13,16-17,26H2. The Morgan fingerprint density at radius 3 is 1.39 bits per heavy atom. The largest absolute Gasteiger partial charge is 0.459 e. The first-order valence-corrected chi connectivity index (χ1v) is 24.5. The number of urea groups is 1. The molecule has 2 fully saturated rings. The second-order valence-electron chi connectivity index (χ2n) is 18.4. The molecule has 0 saturated heterocycles. The summed E-state index contributed by atoms with van der Waals surface area (Å²) in [7, 11) is 0. The lowest BCUT2D eigenvalue weighted by molar-refractivity contribution is -0.147. The second kappa shape index (κ2) is 23.5. The molecular formula is C59H61N5O7. The van der Waals surface area contributed by atoms with Crippen LogP contribution in [-0.4, -0.2) is 64.8 Å². The van der Waals surface area contributed by atoms with E-state index in [4.69, 9.17) is 15.2 Å². The van der Waals surface area contributed by atoms with Gasteiger partial charge in [-0.1, -0.05) is 153 Å². The van der Waals surface area contributed by atoms with Gasteiger partial charge in [0.2, 0.25) is 0 Å². The number of rotatable bonds is 14. The average Bonchev–Trinajstić information content (AvgIpc) is 4.14. The van der Waals surface area contributed by atoms with Crippen LogP contribution < -0.4 is 16.4 Å². The minimum Gasteiger partial charge on any atom is -0.459 e. The van der Waals surface area contributed by atoms with E-state index in [1.54, 1.807) is 15.9 Å². The third-order valence-electron chi connectivity index (χ3n) is 13.4. The summed E-state index contributed by atoms with van der Waals surface area (Å²) in [5, 5.41) is 9.56. The van der Waals surface area contributed by atoms with Crippen molar-refractivity contribution < 1.29 is 33.4 Å². The number of nitrogens with two attached hydrogens (primary N) is 1. The summed E-state index contributed by atoms with van der Waals surface area (Å²) in [6.07, 6.45) is 7.53. The lowest BCUT2D eigenvalue weighted by atomic mass is 10.0. The van der Waals surface area contributed by atoms with E-state index in [1.165, 1.54) is 0 Å². The first-order valence-electron chi connectivity index (χ1n) is 24.5. The molecule has 71 heavy (non-hydrogen) atoms. The molecule has 4 N–H and O–H groups in total. The van der Waals surface area contributed by atoms with Crippen molar-refractivity contribution in [1.82, 2.24) is 9.80 Å². The Morgan fingerprint density at radius 1 is 0.507 bits per heavy atom. The molecule has 0 heterocycles. The summed E-state index contributed by atoms with van der Waals surface area (Å²) in [6, 6.07) is 47.1. The first kappa shape index (κ1) is 49.4. The lowest BCUT2D eigenvalue weighted by Gasteiger charge is -2.29. The van der Waals surface area contributed by atoms with E-state index in [0.29, 0.717) is 22.5 Å². The third-order valence-corrected chi connectivity index (χ3v) is 13.4. The number of fused-ring (bicyclic) bond motifs is 2. The van der Waals surface area contributed by atoms with Crippen LogP contribution in [0, 0.1) is 13.8 Å². The summed E-state index contributed by atoms with van der Waals surface area (Å²) in [4.78, 5) is 69.7. The number of aryl methyl sites for hydroxylation is 2. The zero-order chi connectivity index (χ0) is 49.7. The van der Waals surface area contributed by atoms with E-state index in [2.05, 4.69) is 10.6 Å². The van der Waals surface area contributed by atoms with E-state index >= 15 is 0 Å². The smallest absolute Gasteiger partial charge is 0.325 e. The van der Waals surface area contributed by atoms with Crippen LogP contribution >= 0.6 is 0 Å². The topological polar surface area (TPSA) is 160 Å². The summed E-state index contributed by atoms with van der Waals surface area (Å²) in [6.45, 7) is 3.99. The van der Waals surface area contributed by atoms with Gasteiger partial charge >= 0.3 is 18.0 Å². The third kappa shape index (κ3) is 12.8. The number of hydrogen-bond donors (Lipinski definition) is 3. The maximum Gasteiger partial charge on any atom is 0.325 e. The Morgan fingerprint density at radius 2 is 0.915 bits per heavy atom. The van der Waals surface area contributed by atoms with Crippen LogP contribution in [0.3, 0.4) is 0 Å². The highest BCUT2D eigenvalue weighted by atomic mass is 16.5. The van der Waals surface area contributed by atoms with Crippen molar-refractivity contribution in [2.45, 2.75) is 90.5 Å². The van der Waals surface area contributed by atoms with Crippen LogP contribution in [-0.2, 0) is 32.3 Å². The Balaban J connectivity index is 0.000000200. The van der Waals surface area contributed by atoms with Crippen LogP contribution in [0.4, 0.5) is 21.9 Å². The monoisotopic (exact) mass is 951 g/mol. The van der Waals surface area contributed by atoms with E-state index in [0.717, 1.165) is 101 Å². The summed E-state index contributed by atoms with van der Waals surface area (Å²) < 4.78 is 11.0. The van der Waals surface area contributed by atoms with Gasteiger partial charge in [0.1, 0.15) is 26.3 Å². The first-order chi connectivity index (χ1) is 34.5. The fourth-order valence-electron chi connectivity index (χ4n) is 9.56. The van der Waals surface area contributed by atoms with Gasteiger partial charge in [0.15, 0.2) is 0 Å². The normalized spacial score (nSPS) is 13.5. The number of nitrogens with zero attached hydrogens (tertiary/aromatic N) is 2. The molecule has 9 rings (SSSR count). The molecule has 2 aliphatic rings. The second-order valence-corrected chi connectivity index (χ2v) is 18.4. The van der Waals surface area contributed by atoms with Crippen LogP contribution in [0.5, 0.6) is 0 Å². The highest BCUT2D eigenvalue weighted by molar-refractivity contribution is 6.10. The maximum absolute atomic E-state index is 14.2.